The van der Waals surface area contributed by atoms with Crippen molar-refractivity contribution in [3.63, 3.8) is 0 Å². The summed E-state index contributed by atoms with van der Waals surface area (Å²) in [7, 11) is 1.90. The highest BCUT2D eigenvalue weighted by Crippen LogP contribution is 2.34. The summed E-state index contributed by atoms with van der Waals surface area (Å²) in [5, 5.41) is 10.0. The zero-order valence-corrected chi connectivity index (χ0v) is 14.4. The molecule has 4 aromatic rings. The number of para-hydroxylation sites is 1. The van der Waals surface area contributed by atoms with Gasteiger partial charge in [-0.1, -0.05) is 30.3 Å². The Labute approximate surface area is 145 Å². The lowest BCUT2D eigenvalue weighted by Crippen LogP contribution is -1.98. The van der Waals surface area contributed by atoms with Gasteiger partial charge in [0.1, 0.15) is 0 Å². The van der Waals surface area contributed by atoms with Gasteiger partial charge in [-0.3, -0.25) is 9.48 Å². The predicted molar refractivity (Wildman–Crippen MR) is 100 cm³/mol. The molecule has 25 heavy (non-hydrogen) atoms. The first-order chi connectivity index (χ1) is 12.0. The summed E-state index contributed by atoms with van der Waals surface area (Å²) in [6, 6.07) is 15.6. The number of hydrogen-bond donors (Lipinski definition) is 1. The van der Waals surface area contributed by atoms with Crippen molar-refractivity contribution in [3.8, 4) is 0 Å². The fraction of sp³-hybridized carbons (Fsp3) is 0.150. The normalized spacial score (nSPS) is 11.2. The predicted octanol–water partition coefficient (Wildman–Crippen LogP) is 4.38. The van der Waals surface area contributed by atoms with Crippen molar-refractivity contribution in [2.24, 2.45) is 7.05 Å². The Hall–Kier alpha value is -3.21. The zero-order chi connectivity index (χ0) is 17.6. The molecule has 0 aliphatic heterocycles. The molecule has 0 bridgehead atoms. The van der Waals surface area contributed by atoms with Gasteiger partial charge in [0.05, 0.1) is 22.3 Å². The summed E-state index contributed by atoms with van der Waals surface area (Å²) in [6.45, 7) is 3.56. The van der Waals surface area contributed by atoms with Gasteiger partial charge in [-0.15, -0.1) is 0 Å². The van der Waals surface area contributed by atoms with Crippen LogP contribution in [-0.4, -0.2) is 20.5 Å². The van der Waals surface area contributed by atoms with Gasteiger partial charge in [-0.05, 0) is 32.0 Å². The fourth-order valence-electron chi connectivity index (χ4n) is 3.19. The molecule has 2 aromatic carbocycles. The van der Waals surface area contributed by atoms with E-state index in [0.29, 0.717) is 5.56 Å². The van der Waals surface area contributed by atoms with Crippen LogP contribution in [0.5, 0.6) is 0 Å². The number of fused-ring (bicyclic) bond motifs is 2. The van der Waals surface area contributed by atoms with Gasteiger partial charge in [0.2, 0.25) is 0 Å². The average Bonchev–Trinajstić information content (AvgIpc) is 2.89. The molecule has 0 aliphatic carbocycles. The lowest BCUT2D eigenvalue weighted by Gasteiger charge is -2.12. The highest BCUT2D eigenvalue weighted by Gasteiger charge is 2.16. The Bertz CT molecular complexity index is 1130. The molecular weight excluding hydrogens is 312 g/mol. The number of pyridine rings is 1. The number of aromatic nitrogens is 3. The van der Waals surface area contributed by atoms with Gasteiger partial charge >= 0.3 is 0 Å². The van der Waals surface area contributed by atoms with Crippen LogP contribution in [0.4, 0.5) is 11.4 Å². The van der Waals surface area contributed by atoms with Crippen molar-refractivity contribution in [1.29, 1.82) is 0 Å². The largest absolute Gasteiger partial charge is 0.354 e. The summed E-state index contributed by atoms with van der Waals surface area (Å²) >= 11 is 0. The van der Waals surface area contributed by atoms with Crippen LogP contribution in [0, 0.1) is 6.92 Å². The van der Waals surface area contributed by atoms with E-state index in [1.807, 2.05) is 62.5 Å². The molecule has 0 amide bonds. The molecule has 0 fully saturated rings. The molecule has 0 unspecified atom stereocenters. The van der Waals surface area contributed by atoms with E-state index in [9.17, 15) is 4.79 Å². The topological polar surface area (TPSA) is 59.8 Å². The maximum atomic E-state index is 11.7. The second kappa shape index (κ2) is 5.70. The number of ketones is 1. The average molecular weight is 330 g/mol. The number of aryl methyl sites for hydroxylation is 2. The van der Waals surface area contributed by atoms with E-state index in [-0.39, 0.29) is 5.78 Å². The quantitative estimate of drug-likeness (QED) is 0.566. The first-order valence-electron chi connectivity index (χ1n) is 8.14. The Morgan fingerprint density at radius 2 is 1.92 bits per heavy atom. The molecule has 4 rings (SSSR count). The number of carbonyl (C=O) groups is 1. The standard InChI is InChI=1S/C20H18N4O/c1-12-18-19(21-15-8-6-7-14(11-15)13(2)25)16-9-4-5-10-17(16)22-20(18)24(3)23-12/h4-11H,1-3H3,(H,21,22). The van der Waals surface area contributed by atoms with Crippen LogP contribution in [0.3, 0.4) is 0 Å². The number of Topliss-reactive ketones (excluding diaryl/α,β-unsaturated/α-hetero) is 1. The minimum Gasteiger partial charge on any atom is -0.354 e. The molecule has 5 nitrogen and oxygen atoms in total. The zero-order valence-electron chi connectivity index (χ0n) is 14.4. The Morgan fingerprint density at radius 1 is 1.12 bits per heavy atom. The minimum atomic E-state index is 0.0472. The number of rotatable bonds is 3. The van der Waals surface area contributed by atoms with Crippen LogP contribution in [0.15, 0.2) is 48.5 Å². The highest BCUT2D eigenvalue weighted by atomic mass is 16.1. The van der Waals surface area contributed by atoms with E-state index in [4.69, 9.17) is 4.98 Å². The van der Waals surface area contributed by atoms with Crippen molar-refractivity contribution < 1.29 is 4.79 Å². The van der Waals surface area contributed by atoms with Crippen LogP contribution in [-0.2, 0) is 7.05 Å². The van der Waals surface area contributed by atoms with E-state index in [1.54, 1.807) is 11.6 Å². The molecule has 1 N–H and O–H groups in total. The van der Waals surface area contributed by atoms with E-state index in [2.05, 4.69) is 10.4 Å². The maximum Gasteiger partial charge on any atom is 0.160 e. The third-order valence-corrected chi connectivity index (χ3v) is 4.38. The van der Waals surface area contributed by atoms with Gasteiger partial charge in [0.25, 0.3) is 0 Å². The summed E-state index contributed by atoms with van der Waals surface area (Å²) < 4.78 is 1.80. The molecule has 2 aromatic heterocycles. The summed E-state index contributed by atoms with van der Waals surface area (Å²) in [6.07, 6.45) is 0. The van der Waals surface area contributed by atoms with Crippen LogP contribution >= 0.6 is 0 Å². The molecule has 5 heteroatoms. The van der Waals surface area contributed by atoms with Crippen LogP contribution in [0.25, 0.3) is 21.9 Å². The first kappa shape index (κ1) is 15.3. The molecule has 0 radical (unpaired) electrons. The number of hydrogen-bond acceptors (Lipinski definition) is 4. The van der Waals surface area contributed by atoms with Gasteiger partial charge in [0, 0.05) is 23.7 Å². The van der Waals surface area contributed by atoms with Gasteiger partial charge in [-0.2, -0.15) is 5.10 Å². The first-order valence-corrected chi connectivity index (χ1v) is 8.14. The molecule has 0 saturated heterocycles. The van der Waals surface area contributed by atoms with Crippen molar-refractivity contribution >= 4 is 39.1 Å². The molecule has 0 spiro atoms. The second-order valence-corrected chi connectivity index (χ2v) is 6.17. The minimum absolute atomic E-state index is 0.0472. The number of nitrogens with zero attached hydrogens (tertiary/aromatic N) is 3. The molecule has 0 aliphatic rings. The van der Waals surface area contributed by atoms with Crippen LogP contribution < -0.4 is 5.32 Å². The van der Waals surface area contributed by atoms with E-state index >= 15 is 0 Å². The highest BCUT2D eigenvalue weighted by molar-refractivity contribution is 6.09. The van der Waals surface area contributed by atoms with E-state index < -0.39 is 0 Å². The van der Waals surface area contributed by atoms with Gasteiger partial charge in [-0.25, -0.2) is 4.98 Å². The van der Waals surface area contributed by atoms with Crippen molar-refractivity contribution in [2.45, 2.75) is 13.8 Å². The smallest absolute Gasteiger partial charge is 0.160 e. The third-order valence-electron chi connectivity index (χ3n) is 4.38. The van der Waals surface area contributed by atoms with Gasteiger partial charge < -0.3 is 5.32 Å². The Morgan fingerprint density at radius 3 is 2.72 bits per heavy atom. The van der Waals surface area contributed by atoms with Crippen molar-refractivity contribution in [3.05, 3.63) is 59.8 Å². The van der Waals surface area contributed by atoms with Gasteiger partial charge in [0.15, 0.2) is 11.4 Å². The van der Waals surface area contributed by atoms with E-state index in [0.717, 1.165) is 39.0 Å². The lowest BCUT2D eigenvalue weighted by atomic mass is 10.1. The molecule has 0 atom stereocenters. The number of carbonyl (C=O) groups excluding carboxylic acids is 1. The Kier molecular flexibility index (Phi) is 3.50. The fourth-order valence-corrected chi connectivity index (χ4v) is 3.19. The summed E-state index contributed by atoms with van der Waals surface area (Å²) in [4.78, 5) is 16.4. The van der Waals surface area contributed by atoms with Crippen LogP contribution in [0.1, 0.15) is 23.0 Å². The van der Waals surface area contributed by atoms with E-state index in [1.165, 1.54) is 0 Å². The maximum absolute atomic E-state index is 11.7. The number of anilines is 2. The second-order valence-electron chi connectivity index (χ2n) is 6.17. The lowest BCUT2D eigenvalue weighted by molar-refractivity contribution is 0.101. The molecule has 0 saturated carbocycles. The SMILES string of the molecule is CC(=O)c1cccc(Nc2c3ccccc3nc3c2c(C)nn3C)c1. The van der Waals surface area contributed by atoms with Crippen molar-refractivity contribution in [1.82, 2.24) is 14.8 Å². The monoisotopic (exact) mass is 330 g/mol. The van der Waals surface area contributed by atoms with Crippen molar-refractivity contribution in [2.75, 3.05) is 5.32 Å². The molecular formula is C20H18N4O. The summed E-state index contributed by atoms with van der Waals surface area (Å²) in [5.74, 6) is 0.0472. The number of nitrogens with one attached hydrogen (secondary N) is 1. The molecule has 124 valence electrons. The summed E-state index contributed by atoms with van der Waals surface area (Å²) in [5.41, 5.74) is 5.17. The van der Waals surface area contributed by atoms with Crippen LogP contribution in [0.2, 0.25) is 0 Å². The Balaban J connectivity index is 1.98. The number of benzene rings is 2. The third kappa shape index (κ3) is 2.54. The molecule has 2 heterocycles.